The molecule has 1 N–H and O–H groups in total. The van der Waals surface area contributed by atoms with Crippen molar-refractivity contribution < 1.29 is 9.90 Å². The number of hydrogen-bond donors (Lipinski definition) is 1. The molecular weight excluding hydrogens is 244 g/mol. The van der Waals surface area contributed by atoms with Gasteiger partial charge >= 0.3 is 5.97 Å². The van der Waals surface area contributed by atoms with E-state index in [9.17, 15) is 9.59 Å². The molecule has 5 nitrogen and oxygen atoms in total. The maximum Gasteiger partial charge on any atom is 0.303 e. The van der Waals surface area contributed by atoms with E-state index in [1.807, 2.05) is 30.3 Å². The van der Waals surface area contributed by atoms with Crippen LogP contribution in [0.5, 0.6) is 0 Å². The fourth-order valence-electron chi connectivity index (χ4n) is 1.75. The second kappa shape index (κ2) is 5.95. The Labute approximate surface area is 110 Å². The highest BCUT2D eigenvalue weighted by Gasteiger charge is 2.04. The van der Waals surface area contributed by atoms with Gasteiger partial charge in [0, 0.05) is 24.6 Å². The Morgan fingerprint density at radius 2 is 1.89 bits per heavy atom. The van der Waals surface area contributed by atoms with Crippen molar-refractivity contribution in [1.82, 2.24) is 9.78 Å². The molecule has 0 saturated carbocycles. The second-order valence-electron chi connectivity index (χ2n) is 4.14. The Morgan fingerprint density at radius 1 is 1.16 bits per heavy atom. The summed E-state index contributed by atoms with van der Waals surface area (Å²) in [6, 6.07) is 12.7. The van der Waals surface area contributed by atoms with E-state index in [0.717, 1.165) is 5.56 Å². The predicted molar refractivity (Wildman–Crippen MR) is 70.8 cm³/mol. The lowest BCUT2D eigenvalue weighted by Gasteiger charge is -2.06. The lowest BCUT2D eigenvalue weighted by Crippen LogP contribution is -2.22. The molecule has 19 heavy (non-hydrogen) atoms. The third-order valence-corrected chi connectivity index (χ3v) is 2.70. The van der Waals surface area contributed by atoms with Crippen LogP contribution >= 0.6 is 0 Å². The Balaban J connectivity index is 2.20. The van der Waals surface area contributed by atoms with E-state index in [-0.39, 0.29) is 12.0 Å². The van der Waals surface area contributed by atoms with E-state index in [4.69, 9.17) is 5.11 Å². The number of carboxylic acid groups (broad SMARTS) is 1. The van der Waals surface area contributed by atoms with Crippen molar-refractivity contribution in [2.45, 2.75) is 19.4 Å². The van der Waals surface area contributed by atoms with Gasteiger partial charge in [-0.1, -0.05) is 30.3 Å². The quantitative estimate of drug-likeness (QED) is 0.887. The maximum atomic E-state index is 11.6. The highest BCUT2D eigenvalue weighted by molar-refractivity contribution is 5.66. The lowest BCUT2D eigenvalue weighted by atomic mass is 10.1. The van der Waals surface area contributed by atoms with Crippen LogP contribution in [0.15, 0.2) is 47.3 Å². The number of carbonyl (C=O) groups is 1. The van der Waals surface area contributed by atoms with Gasteiger partial charge in [-0.15, -0.1) is 0 Å². The van der Waals surface area contributed by atoms with Crippen molar-refractivity contribution in [3.8, 4) is 11.3 Å². The molecular formula is C14H14N2O3. The first-order valence-corrected chi connectivity index (χ1v) is 6.02. The number of rotatable bonds is 5. The minimum atomic E-state index is -0.868. The number of carboxylic acids is 1. The van der Waals surface area contributed by atoms with E-state index >= 15 is 0 Å². The molecule has 0 atom stereocenters. The molecule has 0 aliphatic heterocycles. The molecule has 2 aromatic rings. The lowest BCUT2D eigenvalue weighted by molar-refractivity contribution is -0.137. The first-order chi connectivity index (χ1) is 9.16. The Bertz CT molecular complexity index is 620. The molecule has 2 rings (SSSR count). The van der Waals surface area contributed by atoms with Gasteiger partial charge in [0.1, 0.15) is 0 Å². The average Bonchev–Trinajstić information content (AvgIpc) is 2.41. The van der Waals surface area contributed by atoms with Crippen LogP contribution in [0.3, 0.4) is 0 Å². The summed E-state index contributed by atoms with van der Waals surface area (Å²) in [7, 11) is 0. The first kappa shape index (κ1) is 13.0. The largest absolute Gasteiger partial charge is 0.481 e. The van der Waals surface area contributed by atoms with Crippen LogP contribution in [0.25, 0.3) is 11.3 Å². The van der Waals surface area contributed by atoms with Crippen LogP contribution in [0.2, 0.25) is 0 Å². The zero-order valence-electron chi connectivity index (χ0n) is 10.3. The summed E-state index contributed by atoms with van der Waals surface area (Å²) in [5, 5.41) is 12.8. The summed E-state index contributed by atoms with van der Waals surface area (Å²) in [6.07, 6.45) is 0.421. The van der Waals surface area contributed by atoms with Gasteiger partial charge in [0.2, 0.25) is 0 Å². The highest BCUT2D eigenvalue weighted by atomic mass is 16.4. The van der Waals surface area contributed by atoms with Crippen molar-refractivity contribution in [1.29, 1.82) is 0 Å². The minimum absolute atomic E-state index is 0.0314. The van der Waals surface area contributed by atoms with E-state index in [1.54, 1.807) is 6.07 Å². The SMILES string of the molecule is O=C(O)CCCn1nc(-c2ccccc2)ccc1=O. The third-order valence-electron chi connectivity index (χ3n) is 2.70. The number of benzene rings is 1. The van der Waals surface area contributed by atoms with Crippen LogP contribution in [0.1, 0.15) is 12.8 Å². The summed E-state index contributed by atoms with van der Waals surface area (Å²) in [4.78, 5) is 22.1. The van der Waals surface area contributed by atoms with Gasteiger partial charge in [0.25, 0.3) is 5.56 Å². The average molecular weight is 258 g/mol. The molecule has 1 aromatic heterocycles. The van der Waals surface area contributed by atoms with Crippen LogP contribution in [-0.2, 0) is 11.3 Å². The second-order valence-corrected chi connectivity index (χ2v) is 4.14. The number of aliphatic carboxylic acids is 1. The van der Waals surface area contributed by atoms with Crippen molar-refractivity contribution >= 4 is 5.97 Å². The minimum Gasteiger partial charge on any atom is -0.481 e. The van der Waals surface area contributed by atoms with Gasteiger partial charge in [0.05, 0.1) is 5.69 Å². The molecule has 0 aliphatic carbocycles. The normalized spacial score (nSPS) is 10.3. The summed E-state index contributed by atoms with van der Waals surface area (Å²) < 4.78 is 1.31. The van der Waals surface area contributed by atoms with Gasteiger partial charge in [-0.25, -0.2) is 4.68 Å². The summed E-state index contributed by atoms with van der Waals surface area (Å²) in [5.41, 5.74) is 1.41. The molecule has 0 spiro atoms. The van der Waals surface area contributed by atoms with Crippen molar-refractivity contribution in [2.24, 2.45) is 0 Å². The molecule has 0 unspecified atom stereocenters. The number of nitrogens with zero attached hydrogens (tertiary/aromatic N) is 2. The van der Waals surface area contributed by atoms with Crippen molar-refractivity contribution in [3.05, 3.63) is 52.8 Å². The zero-order chi connectivity index (χ0) is 13.7. The van der Waals surface area contributed by atoms with Crippen LogP contribution in [0, 0.1) is 0 Å². The van der Waals surface area contributed by atoms with Crippen LogP contribution in [-0.4, -0.2) is 20.9 Å². The van der Waals surface area contributed by atoms with Gasteiger partial charge in [0.15, 0.2) is 0 Å². The van der Waals surface area contributed by atoms with E-state index in [2.05, 4.69) is 5.10 Å². The molecule has 0 fully saturated rings. The fourth-order valence-corrected chi connectivity index (χ4v) is 1.75. The molecule has 0 radical (unpaired) electrons. The number of aryl methyl sites for hydroxylation is 1. The summed E-state index contributed by atoms with van der Waals surface area (Å²) in [6.45, 7) is 0.311. The van der Waals surface area contributed by atoms with E-state index < -0.39 is 5.97 Å². The zero-order valence-corrected chi connectivity index (χ0v) is 10.3. The van der Waals surface area contributed by atoms with Crippen LogP contribution < -0.4 is 5.56 Å². The van der Waals surface area contributed by atoms with Gasteiger partial charge < -0.3 is 5.11 Å². The predicted octanol–water partition coefficient (Wildman–Crippen LogP) is 1.78. The molecule has 0 saturated heterocycles. The number of aromatic nitrogens is 2. The molecule has 1 heterocycles. The highest BCUT2D eigenvalue weighted by Crippen LogP contribution is 2.13. The Hall–Kier alpha value is -2.43. The monoisotopic (exact) mass is 258 g/mol. The smallest absolute Gasteiger partial charge is 0.303 e. The van der Waals surface area contributed by atoms with Gasteiger partial charge in [-0.2, -0.15) is 5.10 Å². The first-order valence-electron chi connectivity index (χ1n) is 6.02. The topological polar surface area (TPSA) is 72.2 Å². The number of hydrogen-bond acceptors (Lipinski definition) is 3. The summed E-state index contributed by atoms with van der Waals surface area (Å²) >= 11 is 0. The molecule has 98 valence electrons. The molecule has 0 amide bonds. The molecule has 1 aromatic carbocycles. The third kappa shape index (κ3) is 3.51. The van der Waals surface area contributed by atoms with Gasteiger partial charge in [-0.3, -0.25) is 9.59 Å². The van der Waals surface area contributed by atoms with Crippen molar-refractivity contribution in [2.75, 3.05) is 0 Å². The Kier molecular flexibility index (Phi) is 4.07. The van der Waals surface area contributed by atoms with Gasteiger partial charge in [-0.05, 0) is 12.5 Å². The Morgan fingerprint density at radius 3 is 2.58 bits per heavy atom. The fraction of sp³-hybridized carbons (Fsp3) is 0.214. The van der Waals surface area contributed by atoms with E-state index in [0.29, 0.717) is 18.7 Å². The maximum absolute atomic E-state index is 11.6. The van der Waals surface area contributed by atoms with Crippen LogP contribution in [0.4, 0.5) is 0 Å². The molecule has 5 heteroatoms. The molecule has 0 aliphatic rings. The standard InChI is InChI=1S/C14H14N2O3/c17-13-9-8-12(11-5-2-1-3-6-11)15-16(13)10-4-7-14(18)19/h1-3,5-6,8-9H,4,7,10H2,(H,18,19). The molecule has 0 bridgehead atoms. The van der Waals surface area contributed by atoms with Crippen molar-refractivity contribution in [3.63, 3.8) is 0 Å². The summed E-state index contributed by atoms with van der Waals surface area (Å²) in [5.74, 6) is -0.868. The van der Waals surface area contributed by atoms with E-state index in [1.165, 1.54) is 10.7 Å².